The number of aryl methyl sites for hydroxylation is 2. The number of hydrogen-bond donors (Lipinski definition) is 2. The van der Waals surface area contributed by atoms with Crippen LogP contribution in [0.4, 0.5) is 5.95 Å². The maximum atomic E-state index is 11.3. The largest absolute Gasteiger partial charge is 0.437 e. The van der Waals surface area contributed by atoms with Gasteiger partial charge in [-0.3, -0.25) is 9.69 Å². The highest BCUT2D eigenvalue weighted by molar-refractivity contribution is 7.17. The Morgan fingerprint density at radius 2 is 1.97 bits per heavy atom. The van der Waals surface area contributed by atoms with Gasteiger partial charge in [-0.1, -0.05) is 12.1 Å². The Bertz CT molecular complexity index is 1450. The van der Waals surface area contributed by atoms with Crippen LogP contribution in [-0.4, -0.2) is 39.9 Å². The standard InChI is InChI=1S/C27H26N6O2S/c1-16-11-19(13-28)12-17(2)23(16)35-26-24-22(8-10-36-24)31-27(32-26)30-21-7-9-33(15-21)14-18-3-5-20(6-4-18)25(29)34/h3-6,8,10-12,21H,7,9,14-15H2,1-2H3,(H2,29,34)(H,30,31,32)/t21-/m0/s1. The number of fused-ring (bicyclic) bond motifs is 1. The number of nitrogens with two attached hydrogens (primary N) is 1. The fourth-order valence-corrected chi connectivity index (χ4v) is 5.31. The quantitative estimate of drug-likeness (QED) is 0.377. The molecule has 1 fully saturated rings. The number of hydrogen-bond acceptors (Lipinski definition) is 8. The van der Waals surface area contributed by atoms with E-state index in [-0.39, 0.29) is 6.04 Å². The lowest BCUT2D eigenvalue weighted by molar-refractivity contribution is 0.1000. The summed E-state index contributed by atoms with van der Waals surface area (Å²) >= 11 is 1.54. The number of nitriles is 1. The molecular weight excluding hydrogens is 472 g/mol. The van der Waals surface area contributed by atoms with Gasteiger partial charge in [0.05, 0.1) is 17.1 Å². The molecule has 0 unspecified atom stereocenters. The number of ether oxygens (including phenoxy) is 1. The Balaban J connectivity index is 1.30. The first-order valence-electron chi connectivity index (χ1n) is 11.7. The van der Waals surface area contributed by atoms with Gasteiger partial charge < -0.3 is 15.8 Å². The van der Waals surface area contributed by atoms with E-state index in [1.54, 1.807) is 23.5 Å². The Hall–Kier alpha value is -4.00. The molecule has 2 aromatic carbocycles. The average molecular weight is 499 g/mol. The van der Waals surface area contributed by atoms with Crippen LogP contribution in [0.1, 0.15) is 39.0 Å². The lowest BCUT2D eigenvalue weighted by atomic mass is 10.1. The van der Waals surface area contributed by atoms with Crippen molar-refractivity contribution in [2.45, 2.75) is 32.9 Å². The third-order valence-electron chi connectivity index (χ3n) is 6.31. The van der Waals surface area contributed by atoms with Crippen LogP contribution in [0.15, 0.2) is 47.8 Å². The van der Waals surface area contributed by atoms with Crippen molar-refractivity contribution < 1.29 is 9.53 Å². The van der Waals surface area contributed by atoms with E-state index in [9.17, 15) is 10.1 Å². The first kappa shape index (κ1) is 23.7. The molecule has 36 heavy (non-hydrogen) atoms. The van der Waals surface area contributed by atoms with Gasteiger partial charge in [0.25, 0.3) is 0 Å². The Labute approximate surface area is 213 Å². The van der Waals surface area contributed by atoms with Crippen LogP contribution >= 0.6 is 11.3 Å². The maximum Gasteiger partial charge on any atom is 0.248 e. The van der Waals surface area contributed by atoms with Gasteiger partial charge in [-0.25, -0.2) is 4.98 Å². The second-order valence-electron chi connectivity index (χ2n) is 9.07. The molecule has 3 N–H and O–H groups in total. The molecule has 1 atom stereocenters. The molecule has 2 aromatic heterocycles. The molecule has 0 saturated carbocycles. The predicted octanol–water partition coefficient (Wildman–Crippen LogP) is 4.76. The van der Waals surface area contributed by atoms with Gasteiger partial charge in [-0.05, 0) is 72.7 Å². The van der Waals surface area contributed by atoms with Crippen molar-refractivity contribution in [3.8, 4) is 17.7 Å². The number of rotatable bonds is 7. The number of amides is 1. The SMILES string of the molecule is Cc1cc(C#N)cc(C)c1Oc1nc(N[C@H]2CCN(Cc3ccc(C(N)=O)cc3)C2)nc2ccsc12. The zero-order chi connectivity index (χ0) is 25.2. The van der Waals surface area contributed by atoms with Gasteiger partial charge in [0, 0.05) is 31.2 Å². The van der Waals surface area contributed by atoms with E-state index in [1.807, 2.05) is 49.6 Å². The molecule has 0 spiro atoms. The summed E-state index contributed by atoms with van der Waals surface area (Å²) in [7, 11) is 0. The fourth-order valence-electron chi connectivity index (χ4n) is 4.55. The summed E-state index contributed by atoms with van der Waals surface area (Å²) in [6.07, 6.45) is 0.967. The monoisotopic (exact) mass is 498 g/mol. The van der Waals surface area contributed by atoms with Gasteiger partial charge in [0.1, 0.15) is 10.4 Å². The van der Waals surface area contributed by atoms with Crippen LogP contribution < -0.4 is 15.8 Å². The number of carbonyl (C=O) groups is 1. The van der Waals surface area contributed by atoms with Gasteiger partial charge >= 0.3 is 0 Å². The summed E-state index contributed by atoms with van der Waals surface area (Å²) in [5.41, 5.74) is 10.2. The normalized spacial score (nSPS) is 15.6. The second-order valence-corrected chi connectivity index (χ2v) is 9.98. The molecule has 9 heteroatoms. The summed E-state index contributed by atoms with van der Waals surface area (Å²) in [6.45, 7) is 6.47. The molecule has 3 heterocycles. The molecular formula is C27H26N6O2S. The van der Waals surface area contributed by atoms with E-state index < -0.39 is 5.91 Å². The van der Waals surface area contributed by atoms with Crippen LogP contribution in [0, 0.1) is 25.2 Å². The fraction of sp³-hybridized carbons (Fsp3) is 0.259. The van der Waals surface area contributed by atoms with E-state index in [4.69, 9.17) is 20.4 Å². The number of thiophene rings is 1. The number of aromatic nitrogens is 2. The molecule has 182 valence electrons. The zero-order valence-corrected chi connectivity index (χ0v) is 20.9. The number of likely N-dealkylation sites (tertiary alicyclic amines) is 1. The Morgan fingerprint density at radius 3 is 2.67 bits per heavy atom. The zero-order valence-electron chi connectivity index (χ0n) is 20.1. The van der Waals surface area contributed by atoms with Crippen molar-refractivity contribution in [3.63, 3.8) is 0 Å². The van der Waals surface area contributed by atoms with E-state index in [0.717, 1.165) is 53.0 Å². The summed E-state index contributed by atoms with van der Waals surface area (Å²) in [5.74, 6) is 1.35. The van der Waals surface area contributed by atoms with Crippen molar-refractivity contribution in [1.29, 1.82) is 5.26 Å². The van der Waals surface area contributed by atoms with E-state index >= 15 is 0 Å². The number of nitrogens with zero attached hydrogens (tertiary/aromatic N) is 4. The third kappa shape index (κ3) is 5.00. The van der Waals surface area contributed by atoms with Crippen LogP contribution in [-0.2, 0) is 6.54 Å². The Kier molecular flexibility index (Phi) is 6.55. The van der Waals surface area contributed by atoms with E-state index in [2.05, 4.69) is 16.3 Å². The van der Waals surface area contributed by atoms with Crippen molar-refractivity contribution in [1.82, 2.24) is 14.9 Å². The van der Waals surface area contributed by atoms with Gasteiger partial charge in [-0.15, -0.1) is 11.3 Å². The number of nitrogens with one attached hydrogen (secondary N) is 1. The molecule has 4 aromatic rings. The first-order valence-corrected chi connectivity index (χ1v) is 12.6. The van der Waals surface area contributed by atoms with E-state index in [0.29, 0.717) is 28.7 Å². The number of primary amides is 1. The first-order chi connectivity index (χ1) is 17.4. The highest BCUT2D eigenvalue weighted by Crippen LogP contribution is 2.35. The summed E-state index contributed by atoms with van der Waals surface area (Å²) in [4.78, 5) is 23.1. The summed E-state index contributed by atoms with van der Waals surface area (Å²) in [5, 5.41) is 14.7. The average Bonchev–Trinajstić information content (AvgIpc) is 3.51. The minimum absolute atomic E-state index is 0.206. The van der Waals surface area contributed by atoms with Gasteiger partial charge in [0.2, 0.25) is 17.7 Å². The Morgan fingerprint density at radius 1 is 1.22 bits per heavy atom. The van der Waals surface area contributed by atoms with Gasteiger partial charge in [0.15, 0.2) is 0 Å². The predicted molar refractivity (Wildman–Crippen MR) is 140 cm³/mol. The maximum absolute atomic E-state index is 11.3. The molecule has 1 saturated heterocycles. The van der Waals surface area contributed by atoms with Crippen LogP contribution in [0.2, 0.25) is 0 Å². The topological polar surface area (TPSA) is 117 Å². The van der Waals surface area contributed by atoms with E-state index in [1.165, 1.54) is 0 Å². The summed E-state index contributed by atoms with van der Waals surface area (Å²) in [6, 6.07) is 15.4. The molecule has 1 aliphatic heterocycles. The molecule has 1 amide bonds. The minimum Gasteiger partial charge on any atom is -0.437 e. The van der Waals surface area contributed by atoms with Crippen molar-refractivity contribution in [2.75, 3.05) is 18.4 Å². The number of anilines is 1. The molecule has 0 radical (unpaired) electrons. The van der Waals surface area contributed by atoms with Gasteiger partial charge in [-0.2, -0.15) is 10.2 Å². The van der Waals surface area contributed by atoms with Crippen LogP contribution in [0.25, 0.3) is 10.2 Å². The van der Waals surface area contributed by atoms with Crippen LogP contribution in [0.3, 0.4) is 0 Å². The van der Waals surface area contributed by atoms with Crippen LogP contribution in [0.5, 0.6) is 11.6 Å². The second kappa shape index (κ2) is 9.93. The van der Waals surface area contributed by atoms with Crippen molar-refractivity contribution in [2.24, 2.45) is 5.73 Å². The lowest BCUT2D eigenvalue weighted by Gasteiger charge is -2.17. The molecule has 0 aliphatic carbocycles. The van der Waals surface area contributed by atoms with Crippen molar-refractivity contribution in [3.05, 3.63) is 75.7 Å². The molecule has 5 rings (SSSR count). The third-order valence-corrected chi connectivity index (χ3v) is 7.20. The highest BCUT2D eigenvalue weighted by atomic mass is 32.1. The highest BCUT2D eigenvalue weighted by Gasteiger charge is 2.24. The lowest BCUT2D eigenvalue weighted by Crippen LogP contribution is -2.26. The smallest absolute Gasteiger partial charge is 0.248 e. The molecule has 8 nitrogen and oxygen atoms in total. The number of carbonyl (C=O) groups excluding carboxylic acids is 1. The number of benzene rings is 2. The minimum atomic E-state index is -0.414. The summed E-state index contributed by atoms with van der Waals surface area (Å²) < 4.78 is 7.19. The molecule has 1 aliphatic rings. The van der Waals surface area contributed by atoms with Crippen molar-refractivity contribution >= 4 is 33.4 Å². The molecule has 0 bridgehead atoms.